The molecule has 0 unspecified atom stereocenters. The first-order chi connectivity index (χ1) is 29.4. The van der Waals surface area contributed by atoms with E-state index in [-0.39, 0.29) is 35.9 Å². The van der Waals surface area contributed by atoms with Crippen LogP contribution in [-0.4, -0.2) is 99.6 Å². The standard InChI is InChI=1S/C48H58N8O4Si/c1-8-54(9-2)43(31-14-11-10-12-15-31)47(58)55-23-13-16-40(55)45-50-37-22-21-35(26-38(37)51-45)33-17-18-34-25-36(20-19-32(34)24-33)39-27-49-44(52-39)41-28-61(6,7)29-56(41)46(57)42(30(3)4)53-48(59)60-5/h10-12,14-15,17-22,24-27,30,40-43H,8-9,13,16,23,28-29H2,1-7H3,(H,49,52)(H,50,51)(H,53,59)/t40-,41-,42-,43+/m0/s1. The lowest BCUT2D eigenvalue weighted by Gasteiger charge is -2.34. The molecule has 4 heterocycles. The fraction of sp³-hybridized carbons (Fsp3) is 0.396. The number of carbonyl (C=O) groups is 3. The average Bonchev–Trinajstić information content (AvgIpc) is 4.09. The van der Waals surface area contributed by atoms with Crippen LogP contribution < -0.4 is 5.32 Å². The second-order valence-corrected chi connectivity index (χ2v) is 22.8. The Hall–Kier alpha value is -5.79. The summed E-state index contributed by atoms with van der Waals surface area (Å²) in [5.74, 6) is 1.52. The fourth-order valence-electron chi connectivity index (χ4n) is 9.44. The Kier molecular flexibility index (Phi) is 11.9. The normalized spacial score (nSPS) is 18.6. The summed E-state index contributed by atoms with van der Waals surface area (Å²) in [5, 5.41) is 4.97. The predicted molar refractivity (Wildman–Crippen MR) is 243 cm³/mol. The van der Waals surface area contributed by atoms with Crippen molar-refractivity contribution in [2.75, 3.05) is 32.9 Å². The molecule has 3 N–H and O–H groups in total. The van der Waals surface area contributed by atoms with E-state index in [2.05, 4.69) is 114 Å². The third-order valence-electron chi connectivity index (χ3n) is 12.7. The number of alkyl carbamates (subject to hydrolysis) is 1. The van der Waals surface area contributed by atoms with E-state index in [9.17, 15) is 14.4 Å². The van der Waals surface area contributed by atoms with Crippen molar-refractivity contribution < 1.29 is 19.1 Å². The van der Waals surface area contributed by atoms with E-state index in [0.717, 1.165) is 93.4 Å². The van der Waals surface area contributed by atoms with Crippen molar-refractivity contribution >= 4 is 47.8 Å². The van der Waals surface area contributed by atoms with Gasteiger partial charge in [0.05, 0.1) is 44.0 Å². The lowest BCUT2D eigenvalue weighted by molar-refractivity contribution is -0.138. The highest BCUT2D eigenvalue weighted by Gasteiger charge is 2.46. The minimum absolute atomic E-state index is 0.104. The zero-order chi connectivity index (χ0) is 43.0. The van der Waals surface area contributed by atoms with Crippen LogP contribution in [0.25, 0.3) is 44.2 Å². The quantitative estimate of drug-likeness (QED) is 0.105. The Morgan fingerprint density at radius 3 is 2.25 bits per heavy atom. The van der Waals surface area contributed by atoms with Crippen LogP contribution in [0.2, 0.25) is 19.1 Å². The van der Waals surface area contributed by atoms with Gasteiger partial charge in [0, 0.05) is 24.5 Å². The molecule has 12 nitrogen and oxygen atoms in total. The third kappa shape index (κ3) is 8.45. The molecule has 2 fully saturated rings. The van der Waals surface area contributed by atoms with E-state index in [1.807, 2.05) is 48.0 Å². The molecule has 4 atom stereocenters. The number of fused-ring (bicyclic) bond motifs is 2. The molecule has 0 spiro atoms. The first-order valence-electron chi connectivity index (χ1n) is 21.7. The number of H-pyrrole nitrogens is 2. The minimum Gasteiger partial charge on any atom is -0.453 e. The molecule has 4 aromatic carbocycles. The lowest BCUT2D eigenvalue weighted by Crippen LogP contribution is -2.52. The summed E-state index contributed by atoms with van der Waals surface area (Å²) in [6, 6.07) is 29.0. The number of hydrogen-bond acceptors (Lipinski definition) is 7. The number of hydrogen-bond donors (Lipinski definition) is 3. The molecule has 6 aromatic rings. The topological polar surface area (TPSA) is 140 Å². The highest BCUT2D eigenvalue weighted by atomic mass is 28.3. The second kappa shape index (κ2) is 17.3. The van der Waals surface area contributed by atoms with Crippen LogP contribution in [0.1, 0.15) is 75.9 Å². The maximum absolute atomic E-state index is 14.3. The number of ether oxygens (including phenoxy) is 1. The van der Waals surface area contributed by atoms with E-state index < -0.39 is 20.2 Å². The molecule has 8 rings (SSSR count). The number of aromatic amines is 2. The Labute approximate surface area is 359 Å². The number of likely N-dealkylation sites (N-methyl/N-ethyl adjacent to an activating group) is 1. The van der Waals surface area contributed by atoms with Crippen LogP contribution in [-0.2, 0) is 14.3 Å². The van der Waals surface area contributed by atoms with Gasteiger partial charge in [0.2, 0.25) is 11.8 Å². The number of amides is 3. The summed E-state index contributed by atoms with van der Waals surface area (Å²) in [4.78, 5) is 63.7. The maximum atomic E-state index is 14.3. The van der Waals surface area contributed by atoms with E-state index in [0.29, 0.717) is 12.7 Å². The average molecular weight is 839 g/mol. The summed E-state index contributed by atoms with van der Waals surface area (Å²) in [6.07, 6.45) is 3.82. The molecule has 2 aliphatic rings. The molecule has 2 aromatic heterocycles. The van der Waals surface area contributed by atoms with Crippen molar-refractivity contribution in [3.8, 4) is 22.4 Å². The molecule has 0 saturated carbocycles. The van der Waals surface area contributed by atoms with E-state index in [4.69, 9.17) is 14.7 Å². The van der Waals surface area contributed by atoms with Gasteiger partial charge in [-0.05, 0) is 89.6 Å². The van der Waals surface area contributed by atoms with Crippen LogP contribution in [0.15, 0.2) is 91.1 Å². The molecule has 61 heavy (non-hydrogen) atoms. The van der Waals surface area contributed by atoms with Crippen LogP contribution in [0.3, 0.4) is 0 Å². The summed E-state index contributed by atoms with van der Waals surface area (Å²) < 4.78 is 4.83. The molecular formula is C48H58N8O4Si. The number of imidazole rings is 2. The third-order valence-corrected chi connectivity index (χ3v) is 15.3. The number of rotatable bonds is 12. The molecule has 0 bridgehead atoms. The van der Waals surface area contributed by atoms with Crippen molar-refractivity contribution in [1.29, 1.82) is 0 Å². The summed E-state index contributed by atoms with van der Waals surface area (Å²) in [5.41, 5.74) is 6.85. The fourth-order valence-corrected chi connectivity index (χ4v) is 12.3. The SMILES string of the molecule is CCN(CC)[C@@H](C(=O)N1CCC[C@H]1c1nc2ccc(-c3ccc4cc(-c5c[nH]c([C@@H]6C[Si](C)(C)CN6C(=O)[C@@H](NC(=O)OC)C(C)C)n5)ccc4c3)cc2[nH]1)c1ccccc1. The van der Waals surface area contributed by atoms with Crippen LogP contribution >= 0.6 is 0 Å². The molecule has 3 amide bonds. The van der Waals surface area contributed by atoms with Crippen molar-refractivity contribution in [1.82, 2.24) is 40.0 Å². The number of aromatic nitrogens is 4. The van der Waals surface area contributed by atoms with Crippen LogP contribution in [0, 0.1) is 5.92 Å². The van der Waals surface area contributed by atoms with Gasteiger partial charge in [0.1, 0.15) is 23.7 Å². The Morgan fingerprint density at radius 1 is 0.852 bits per heavy atom. The molecular weight excluding hydrogens is 781 g/mol. The Balaban J connectivity index is 1.00. The number of nitrogens with zero attached hydrogens (tertiary/aromatic N) is 5. The van der Waals surface area contributed by atoms with Gasteiger partial charge in [0.25, 0.3) is 0 Å². The molecule has 13 heteroatoms. The van der Waals surface area contributed by atoms with Gasteiger partial charge < -0.3 is 29.8 Å². The smallest absolute Gasteiger partial charge is 0.407 e. The molecule has 0 radical (unpaired) electrons. The predicted octanol–water partition coefficient (Wildman–Crippen LogP) is 9.03. The maximum Gasteiger partial charge on any atom is 0.407 e. The first-order valence-corrected chi connectivity index (χ1v) is 25.1. The minimum atomic E-state index is -1.75. The number of carbonyl (C=O) groups excluding carboxylic acids is 3. The Bertz CT molecular complexity index is 2550. The van der Waals surface area contributed by atoms with Crippen molar-refractivity contribution in [2.24, 2.45) is 5.92 Å². The van der Waals surface area contributed by atoms with Crippen molar-refractivity contribution in [3.63, 3.8) is 0 Å². The summed E-state index contributed by atoms with van der Waals surface area (Å²) >= 11 is 0. The van der Waals surface area contributed by atoms with E-state index in [1.54, 1.807) is 0 Å². The van der Waals surface area contributed by atoms with Crippen molar-refractivity contribution in [3.05, 3.63) is 108 Å². The molecule has 2 aliphatic heterocycles. The van der Waals surface area contributed by atoms with Gasteiger partial charge in [0.15, 0.2) is 0 Å². The van der Waals surface area contributed by atoms with E-state index in [1.165, 1.54) is 7.11 Å². The molecule has 2 saturated heterocycles. The number of benzene rings is 4. The van der Waals surface area contributed by atoms with Crippen LogP contribution in [0.4, 0.5) is 4.79 Å². The first kappa shape index (κ1) is 41.9. The van der Waals surface area contributed by atoms with Gasteiger partial charge in [-0.25, -0.2) is 14.8 Å². The van der Waals surface area contributed by atoms with Gasteiger partial charge in [-0.2, -0.15) is 0 Å². The Morgan fingerprint density at radius 2 is 1.54 bits per heavy atom. The zero-order valence-corrected chi connectivity index (χ0v) is 37.4. The number of nitrogens with one attached hydrogen (secondary N) is 3. The van der Waals surface area contributed by atoms with Crippen LogP contribution in [0.5, 0.6) is 0 Å². The largest absolute Gasteiger partial charge is 0.453 e. The summed E-state index contributed by atoms with van der Waals surface area (Å²) in [7, 11) is -0.439. The van der Waals surface area contributed by atoms with Crippen molar-refractivity contribution in [2.45, 2.75) is 83.8 Å². The van der Waals surface area contributed by atoms with E-state index >= 15 is 0 Å². The summed E-state index contributed by atoms with van der Waals surface area (Å²) in [6.45, 7) is 15.0. The highest BCUT2D eigenvalue weighted by molar-refractivity contribution is 6.78. The van der Waals surface area contributed by atoms with Gasteiger partial charge in [-0.1, -0.05) is 101 Å². The lowest BCUT2D eigenvalue weighted by atomic mass is 9.99. The highest BCUT2D eigenvalue weighted by Crippen LogP contribution is 2.39. The van der Waals surface area contributed by atoms with Gasteiger partial charge >= 0.3 is 6.09 Å². The van der Waals surface area contributed by atoms with Gasteiger partial charge in [-0.15, -0.1) is 0 Å². The zero-order valence-electron chi connectivity index (χ0n) is 36.4. The van der Waals surface area contributed by atoms with Gasteiger partial charge in [-0.3, -0.25) is 14.5 Å². The number of methoxy groups -OCH3 is 1. The number of likely N-dealkylation sites (tertiary alicyclic amines) is 1. The molecule has 318 valence electrons. The monoisotopic (exact) mass is 838 g/mol. The second-order valence-electron chi connectivity index (χ2n) is 17.7. The molecule has 0 aliphatic carbocycles.